The molecule has 0 bridgehead atoms. The second kappa shape index (κ2) is 4.76. The van der Waals surface area contributed by atoms with Crippen LogP contribution in [0.1, 0.15) is 26.2 Å². The minimum absolute atomic E-state index is 0.170. The summed E-state index contributed by atoms with van der Waals surface area (Å²) in [5.74, 6) is 0. The lowest BCUT2D eigenvalue weighted by Crippen LogP contribution is -2.29. The first kappa shape index (κ1) is 11.8. The van der Waals surface area contributed by atoms with Crippen molar-refractivity contribution in [2.45, 2.75) is 37.7 Å². The van der Waals surface area contributed by atoms with E-state index in [0.29, 0.717) is 12.8 Å². The Labute approximate surface area is 72.3 Å². The number of hydrogen-bond donors (Lipinski definition) is 3. The second-order valence-electron chi connectivity index (χ2n) is 2.83. The van der Waals surface area contributed by atoms with E-state index in [1.54, 1.807) is 6.92 Å². The first-order chi connectivity index (χ1) is 5.34. The fourth-order valence-corrected chi connectivity index (χ4v) is 1.23. The summed E-state index contributed by atoms with van der Waals surface area (Å²) < 4.78 is 29.2. The molecule has 0 radical (unpaired) electrons. The largest absolute Gasteiger partial charge is 0.393 e. The van der Waals surface area contributed by atoms with Crippen LogP contribution in [0.3, 0.4) is 0 Å². The van der Waals surface area contributed by atoms with Crippen molar-refractivity contribution in [3.63, 3.8) is 0 Å². The fourth-order valence-electron chi connectivity index (χ4n) is 0.763. The van der Waals surface area contributed by atoms with E-state index in [2.05, 4.69) is 0 Å². The Morgan fingerprint density at radius 3 is 2.25 bits per heavy atom. The van der Waals surface area contributed by atoms with Crippen LogP contribution in [0.2, 0.25) is 0 Å². The third kappa shape index (κ3) is 5.48. The van der Waals surface area contributed by atoms with Gasteiger partial charge in [0.1, 0.15) is 5.37 Å². The molecule has 0 aliphatic heterocycles. The van der Waals surface area contributed by atoms with E-state index in [0.717, 1.165) is 0 Å². The third-order valence-electron chi connectivity index (χ3n) is 1.49. The molecule has 0 fully saturated rings. The predicted octanol–water partition coefficient (Wildman–Crippen LogP) is -0.290. The lowest BCUT2D eigenvalue weighted by Gasteiger charge is -2.08. The minimum Gasteiger partial charge on any atom is -0.393 e. The van der Waals surface area contributed by atoms with E-state index in [1.807, 2.05) is 0 Å². The number of aliphatic hydroxyl groups excluding tert-OH is 1. The molecule has 74 valence electrons. The summed E-state index contributed by atoms with van der Waals surface area (Å²) in [5, 5.41) is 7.59. The highest BCUT2D eigenvalue weighted by Crippen LogP contribution is 2.05. The van der Waals surface area contributed by atoms with E-state index in [1.165, 1.54) is 0 Å². The van der Waals surface area contributed by atoms with Crippen molar-refractivity contribution < 1.29 is 18.1 Å². The molecular weight excluding hydrogens is 182 g/mol. The van der Waals surface area contributed by atoms with Crippen molar-refractivity contribution in [1.82, 2.24) is 0 Å². The number of rotatable bonds is 5. The van der Waals surface area contributed by atoms with Gasteiger partial charge in [-0.05, 0) is 26.2 Å². The molecule has 4 N–H and O–H groups in total. The summed E-state index contributed by atoms with van der Waals surface area (Å²) in [4.78, 5) is 0. The Hall–Kier alpha value is -0.170. The zero-order valence-electron chi connectivity index (χ0n) is 6.97. The lowest BCUT2D eigenvalue weighted by atomic mass is 10.2. The molecule has 0 spiro atoms. The molecule has 0 aliphatic carbocycles. The van der Waals surface area contributed by atoms with Gasteiger partial charge in [-0.25, -0.2) is 0 Å². The standard InChI is InChI=1S/C6H15NO4S/c1-5(8)3-2-4-6(7)12(9,10)11/h5-6,8H,2-4,7H2,1H3,(H,9,10,11)/t5-,6?/m0/s1. The van der Waals surface area contributed by atoms with Crippen LogP contribution in [-0.2, 0) is 10.1 Å². The van der Waals surface area contributed by atoms with Gasteiger partial charge in [0, 0.05) is 0 Å². The van der Waals surface area contributed by atoms with Gasteiger partial charge in [0.2, 0.25) is 0 Å². The summed E-state index contributed by atoms with van der Waals surface area (Å²) in [7, 11) is -4.10. The van der Waals surface area contributed by atoms with Gasteiger partial charge in [-0.15, -0.1) is 0 Å². The van der Waals surface area contributed by atoms with Crippen molar-refractivity contribution in [1.29, 1.82) is 0 Å². The molecule has 6 heteroatoms. The molecule has 0 heterocycles. The summed E-state index contributed by atoms with van der Waals surface area (Å²) in [6.07, 6.45) is 0.685. The Balaban J connectivity index is 3.66. The molecule has 5 nitrogen and oxygen atoms in total. The van der Waals surface area contributed by atoms with Crippen LogP contribution in [0.4, 0.5) is 0 Å². The van der Waals surface area contributed by atoms with Crippen LogP contribution in [0, 0.1) is 0 Å². The van der Waals surface area contributed by atoms with E-state index in [-0.39, 0.29) is 6.42 Å². The Bertz CT molecular complexity index is 212. The summed E-state index contributed by atoms with van der Waals surface area (Å²) in [5.41, 5.74) is 5.12. The summed E-state index contributed by atoms with van der Waals surface area (Å²) >= 11 is 0. The van der Waals surface area contributed by atoms with Crippen LogP contribution in [0.25, 0.3) is 0 Å². The quantitative estimate of drug-likeness (QED) is 0.526. The van der Waals surface area contributed by atoms with E-state index in [9.17, 15) is 8.42 Å². The first-order valence-electron chi connectivity index (χ1n) is 3.74. The highest BCUT2D eigenvalue weighted by atomic mass is 32.2. The van der Waals surface area contributed by atoms with E-state index in [4.69, 9.17) is 15.4 Å². The normalized spacial score (nSPS) is 17.3. The van der Waals surface area contributed by atoms with Crippen molar-refractivity contribution in [2.24, 2.45) is 5.73 Å². The Morgan fingerprint density at radius 1 is 1.42 bits per heavy atom. The SMILES string of the molecule is C[C@H](O)CCCC(N)S(=O)(=O)O. The van der Waals surface area contributed by atoms with Gasteiger partial charge < -0.3 is 10.8 Å². The van der Waals surface area contributed by atoms with Crippen molar-refractivity contribution in [2.75, 3.05) is 0 Å². The molecule has 0 rings (SSSR count). The van der Waals surface area contributed by atoms with Gasteiger partial charge in [0.25, 0.3) is 10.1 Å². The topological polar surface area (TPSA) is 101 Å². The van der Waals surface area contributed by atoms with Crippen LogP contribution >= 0.6 is 0 Å². The van der Waals surface area contributed by atoms with Crippen LogP contribution in [0.5, 0.6) is 0 Å². The molecule has 0 aromatic rings. The molecule has 0 aromatic carbocycles. The van der Waals surface area contributed by atoms with Gasteiger partial charge in [-0.1, -0.05) is 0 Å². The van der Waals surface area contributed by atoms with Gasteiger partial charge >= 0.3 is 0 Å². The van der Waals surface area contributed by atoms with Crippen molar-refractivity contribution in [3.05, 3.63) is 0 Å². The molecule has 0 aliphatic rings. The zero-order valence-corrected chi connectivity index (χ0v) is 7.79. The molecule has 12 heavy (non-hydrogen) atoms. The number of nitrogens with two attached hydrogens (primary N) is 1. The van der Waals surface area contributed by atoms with E-state index >= 15 is 0 Å². The lowest BCUT2D eigenvalue weighted by molar-refractivity contribution is 0.180. The molecular formula is C6H15NO4S. The molecule has 0 saturated heterocycles. The van der Waals surface area contributed by atoms with Gasteiger partial charge in [-0.2, -0.15) is 8.42 Å². The maximum Gasteiger partial charge on any atom is 0.280 e. The third-order valence-corrected chi connectivity index (χ3v) is 2.49. The van der Waals surface area contributed by atoms with Gasteiger partial charge in [-0.3, -0.25) is 4.55 Å². The predicted molar refractivity (Wildman–Crippen MR) is 45.1 cm³/mol. The minimum atomic E-state index is -4.10. The fraction of sp³-hybridized carbons (Fsp3) is 1.00. The van der Waals surface area contributed by atoms with E-state index < -0.39 is 21.6 Å². The zero-order chi connectivity index (χ0) is 9.78. The van der Waals surface area contributed by atoms with Gasteiger partial charge in [0.15, 0.2) is 0 Å². The average molecular weight is 197 g/mol. The molecule has 0 saturated carbocycles. The van der Waals surface area contributed by atoms with Crippen LogP contribution < -0.4 is 5.73 Å². The highest BCUT2D eigenvalue weighted by molar-refractivity contribution is 7.86. The molecule has 2 atom stereocenters. The maximum atomic E-state index is 10.4. The molecule has 0 amide bonds. The second-order valence-corrected chi connectivity index (χ2v) is 4.47. The van der Waals surface area contributed by atoms with Crippen molar-refractivity contribution in [3.8, 4) is 0 Å². The van der Waals surface area contributed by atoms with Gasteiger partial charge in [0.05, 0.1) is 6.10 Å². The monoisotopic (exact) mass is 197 g/mol. The van der Waals surface area contributed by atoms with Crippen molar-refractivity contribution >= 4 is 10.1 Å². The molecule has 1 unspecified atom stereocenters. The highest BCUT2D eigenvalue weighted by Gasteiger charge is 2.16. The Kier molecular flexibility index (Phi) is 4.69. The smallest absolute Gasteiger partial charge is 0.280 e. The summed E-state index contributed by atoms with van der Waals surface area (Å²) in [6.45, 7) is 1.61. The average Bonchev–Trinajstić information content (AvgIpc) is 1.84. The Morgan fingerprint density at radius 2 is 1.92 bits per heavy atom. The maximum absolute atomic E-state index is 10.4. The number of aliphatic hydroxyl groups is 1. The first-order valence-corrected chi connectivity index (χ1v) is 5.24. The molecule has 0 aromatic heterocycles. The summed E-state index contributed by atoms with van der Waals surface area (Å²) in [6, 6.07) is 0. The van der Waals surface area contributed by atoms with Crippen LogP contribution in [0.15, 0.2) is 0 Å². The van der Waals surface area contributed by atoms with Crippen LogP contribution in [-0.4, -0.2) is 29.6 Å². The number of hydrogen-bond acceptors (Lipinski definition) is 4.